The minimum Gasteiger partial charge on any atom is -0.476 e. The van der Waals surface area contributed by atoms with Crippen LogP contribution in [0, 0.1) is 0 Å². The van der Waals surface area contributed by atoms with Crippen LogP contribution in [0.25, 0.3) is 0 Å². The summed E-state index contributed by atoms with van der Waals surface area (Å²) in [6, 6.07) is 0.397. The van der Waals surface area contributed by atoms with E-state index in [1.54, 1.807) is 0 Å². The lowest BCUT2D eigenvalue weighted by Gasteiger charge is -2.28. The second-order valence-electron chi connectivity index (χ2n) is 5.57. The normalized spacial score (nSPS) is 24.2. The average Bonchev–Trinajstić information content (AvgIpc) is 2.81. The van der Waals surface area contributed by atoms with Crippen molar-refractivity contribution < 1.29 is 9.90 Å². The van der Waals surface area contributed by atoms with E-state index < -0.39 is 5.97 Å². The zero-order valence-corrected chi connectivity index (χ0v) is 12.1. The van der Waals surface area contributed by atoms with Gasteiger partial charge < -0.3 is 9.67 Å². The molecule has 0 saturated carbocycles. The second kappa shape index (κ2) is 5.19. The topological polar surface area (TPSA) is 55.1 Å². The Morgan fingerprint density at radius 1 is 1.37 bits per heavy atom. The first-order chi connectivity index (χ1) is 9.18. The number of rotatable bonds is 2. The van der Waals surface area contributed by atoms with Gasteiger partial charge in [0.05, 0.1) is 5.69 Å². The standard InChI is InChI=1S/C14H20N2O2S/c1-9-3-2-4-11-12(14(17)18)15-13(16(9)11)10-5-7-19-8-6-10/h9-10H,2-8H2,1H3,(H,17,18). The maximum absolute atomic E-state index is 11.4. The molecule has 1 N–H and O–H groups in total. The first-order valence-electron chi connectivity index (χ1n) is 7.10. The van der Waals surface area contributed by atoms with Gasteiger partial charge >= 0.3 is 5.97 Å². The molecule has 5 heteroatoms. The molecule has 0 bridgehead atoms. The molecule has 1 saturated heterocycles. The summed E-state index contributed by atoms with van der Waals surface area (Å²) in [5.74, 6) is 2.97. The molecular formula is C14H20N2O2S. The third kappa shape index (κ3) is 2.29. The largest absolute Gasteiger partial charge is 0.476 e. The Bertz CT molecular complexity index is 492. The van der Waals surface area contributed by atoms with Crippen LogP contribution in [0.15, 0.2) is 0 Å². The molecule has 0 aromatic carbocycles. The van der Waals surface area contributed by atoms with E-state index in [2.05, 4.69) is 16.5 Å². The van der Waals surface area contributed by atoms with E-state index in [1.165, 1.54) is 11.5 Å². The summed E-state index contributed by atoms with van der Waals surface area (Å²) in [7, 11) is 0. The van der Waals surface area contributed by atoms with Crippen LogP contribution in [0.2, 0.25) is 0 Å². The van der Waals surface area contributed by atoms with Gasteiger partial charge in [-0.25, -0.2) is 9.78 Å². The molecule has 1 aromatic rings. The molecule has 0 aliphatic carbocycles. The van der Waals surface area contributed by atoms with Crippen molar-refractivity contribution in [3.05, 3.63) is 17.2 Å². The van der Waals surface area contributed by atoms with Gasteiger partial charge in [-0.05, 0) is 50.5 Å². The maximum atomic E-state index is 11.4. The highest BCUT2D eigenvalue weighted by Gasteiger charge is 2.31. The fourth-order valence-electron chi connectivity index (χ4n) is 3.33. The van der Waals surface area contributed by atoms with Crippen LogP contribution < -0.4 is 0 Å². The average molecular weight is 280 g/mol. The Hall–Kier alpha value is -0.970. The molecule has 1 atom stereocenters. The maximum Gasteiger partial charge on any atom is 0.356 e. The van der Waals surface area contributed by atoms with Crippen LogP contribution in [0.1, 0.15) is 66.6 Å². The van der Waals surface area contributed by atoms with E-state index in [1.807, 2.05) is 11.8 Å². The highest BCUT2D eigenvalue weighted by Crippen LogP contribution is 2.36. The summed E-state index contributed by atoms with van der Waals surface area (Å²) >= 11 is 1.99. The van der Waals surface area contributed by atoms with Crippen molar-refractivity contribution in [2.45, 2.75) is 51.0 Å². The minimum absolute atomic E-state index is 0.305. The number of nitrogens with zero attached hydrogens (tertiary/aromatic N) is 2. The number of carboxylic acids is 1. The van der Waals surface area contributed by atoms with Crippen molar-refractivity contribution in [3.8, 4) is 0 Å². The van der Waals surface area contributed by atoms with E-state index in [0.717, 1.165) is 43.6 Å². The molecule has 2 aliphatic rings. The Morgan fingerprint density at radius 3 is 2.79 bits per heavy atom. The lowest BCUT2D eigenvalue weighted by atomic mass is 9.99. The predicted octanol–water partition coefficient (Wildman–Crippen LogP) is 3.09. The van der Waals surface area contributed by atoms with Crippen molar-refractivity contribution in [2.75, 3.05) is 11.5 Å². The number of thioether (sulfide) groups is 1. The number of carbonyl (C=O) groups is 1. The van der Waals surface area contributed by atoms with Crippen LogP contribution >= 0.6 is 11.8 Å². The van der Waals surface area contributed by atoms with Gasteiger partial charge in [-0.15, -0.1) is 0 Å². The quantitative estimate of drug-likeness (QED) is 0.904. The predicted molar refractivity (Wildman–Crippen MR) is 76.1 cm³/mol. The number of aromatic carboxylic acids is 1. The lowest BCUT2D eigenvalue weighted by molar-refractivity contribution is 0.0689. The summed E-state index contributed by atoms with van der Waals surface area (Å²) in [5.41, 5.74) is 1.26. The molecule has 2 aliphatic heterocycles. The van der Waals surface area contributed by atoms with Gasteiger partial charge in [-0.1, -0.05) is 0 Å². The number of carboxylic acid groups (broad SMARTS) is 1. The monoisotopic (exact) mass is 280 g/mol. The summed E-state index contributed by atoms with van der Waals surface area (Å²) in [6.07, 6.45) is 5.34. The molecule has 1 aromatic heterocycles. The van der Waals surface area contributed by atoms with E-state index in [-0.39, 0.29) is 0 Å². The van der Waals surface area contributed by atoms with Crippen molar-refractivity contribution in [1.82, 2.24) is 9.55 Å². The summed E-state index contributed by atoms with van der Waals surface area (Å²) in [6.45, 7) is 2.19. The van der Waals surface area contributed by atoms with Gasteiger partial charge in [0, 0.05) is 12.0 Å². The van der Waals surface area contributed by atoms with Gasteiger partial charge in [0.1, 0.15) is 5.82 Å². The first kappa shape index (κ1) is 13.0. The number of hydrogen-bond donors (Lipinski definition) is 1. The summed E-state index contributed by atoms with van der Waals surface area (Å²) < 4.78 is 2.24. The molecule has 1 fully saturated rings. The third-order valence-electron chi connectivity index (χ3n) is 4.30. The van der Waals surface area contributed by atoms with E-state index in [9.17, 15) is 9.90 Å². The molecule has 4 nitrogen and oxygen atoms in total. The molecule has 0 spiro atoms. The SMILES string of the molecule is CC1CCCc2c(C(=O)O)nc(C3CCSCC3)n21. The number of hydrogen-bond acceptors (Lipinski definition) is 3. The van der Waals surface area contributed by atoms with Gasteiger partial charge in [-0.2, -0.15) is 11.8 Å². The highest BCUT2D eigenvalue weighted by molar-refractivity contribution is 7.99. The van der Waals surface area contributed by atoms with Crippen LogP contribution in [0.4, 0.5) is 0 Å². The van der Waals surface area contributed by atoms with E-state index in [4.69, 9.17) is 0 Å². The molecule has 3 heterocycles. The highest BCUT2D eigenvalue weighted by atomic mass is 32.2. The molecule has 0 amide bonds. The smallest absolute Gasteiger partial charge is 0.356 e. The number of fused-ring (bicyclic) bond motifs is 1. The minimum atomic E-state index is -0.866. The number of imidazole rings is 1. The van der Waals surface area contributed by atoms with Gasteiger partial charge in [0.25, 0.3) is 0 Å². The zero-order valence-electron chi connectivity index (χ0n) is 11.3. The van der Waals surface area contributed by atoms with Crippen molar-refractivity contribution in [1.29, 1.82) is 0 Å². The summed E-state index contributed by atoms with van der Waals surface area (Å²) in [4.78, 5) is 15.9. The molecule has 3 rings (SSSR count). The molecule has 104 valence electrons. The van der Waals surface area contributed by atoms with Gasteiger partial charge in [0.15, 0.2) is 5.69 Å². The van der Waals surface area contributed by atoms with Crippen molar-refractivity contribution in [3.63, 3.8) is 0 Å². The fourth-order valence-corrected chi connectivity index (χ4v) is 4.43. The zero-order chi connectivity index (χ0) is 13.4. The Labute approximate surface area is 117 Å². The van der Waals surface area contributed by atoms with E-state index >= 15 is 0 Å². The van der Waals surface area contributed by atoms with Crippen molar-refractivity contribution >= 4 is 17.7 Å². The fraction of sp³-hybridized carbons (Fsp3) is 0.714. The first-order valence-corrected chi connectivity index (χ1v) is 8.26. The van der Waals surface area contributed by atoms with Crippen LogP contribution in [-0.2, 0) is 6.42 Å². The molecular weight excluding hydrogens is 260 g/mol. The Morgan fingerprint density at radius 2 is 2.11 bits per heavy atom. The van der Waals surface area contributed by atoms with Gasteiger partial charge in [-0.3, -0.25) is 0 Å². The number of aromatic nitrogens is 2. The van der Waals surface area contributed by atoms with E-state index in [0.29, 0.717) is 17.7 Å². The molecule has 0 radical (unpaired) electrons. The van der Waals surface area contributed by atoms with Crippen LogP contribution in [0.5, 0.6) is 0 Å². The van der Waals surface area contributed by atoms with Crippen LogP contribution in [-0.4, -0.2) is 32.1 Å². The molecule has 1 unspecified atom stereocenters. The lowest BCUT2D eigenvalue weighted by Crippen LogP contribution is -2.21. The molecule has 19 heavy (non-hydrogen) atoms. The van der Waals surface area contributed by atoms with Gasteiger partial charge in [0.2, 0.25) is 0 Å². The Kier molecular flexibility index (Phi) is 3.56. The summed E-state index contributed by atoms with van der Waals surface area (Å²) in [5, 5.41) is 9.36. The third-order valence-corrected chi connectivity index (χ3v) is 5.35. The Balaban J connectivity index is 2.05. The second-order valence-corrected chi connectivity index (χ2v) is 6.79. The van der Waals surface area contributed by atoms with Crippen molar-refractivity contribution in [2.24, 2.45) is 0 Å². The van der Waals surface area contributed by atoms with Crippen LogP contribution in [0.3, 0.4) is 0 Å².